The summed E-state index contributed by atoms with van der Waals surface area (Å²) in [6.45, 7) is 2.82. The highest BCUT2D eigenvalue weighted by atomic mass is 16.2. The zero-order valence-electron chi connectivity index (χ0n) is 11.8. The van der Waals surface area contributed by atoms with Crippen LogP contribution in [0.1, 0.15) is 24.5 Å². The van der Waals surface area contributed by atoms with Crippen LogP contribution >= 0.6 is 0 Å². The minimum absolute atomic E-state index is 0.172. The molecule has 0 aliphatic carbocycles. The number of fused-ring (bicyclic) bond motifs is 1. The van der Waals surface area contributed by atoms with Gasteiger partial charge >= 0.3 is 0 Å². The fourth-order valence-corrected chi connectivity index (χ4v) is 2.56. The molecule has 0 bridgehead atoms. The lowest BCUT2D eigenvalue weighted by Gasteiger charge is -2.26. The molecule has 0 fully saturated rings. The molecule has 0 saturated carbocycles. The Labute approximate surface area is 114 Å². The Hall–Kier alpha value is -1.68. The minimum Gasteiger partial charge on any atom is -0.315 e. The fourth-order valence-electron chi connectivity index (χ4n) is 2.56. The van der Waals surface area contributed by atoms with E-state index < -0.39 is 0 Å². The molecule has 102 valence electrons. The molecule has 1 amide bonds. The van der Waals surface area contributed by atoms with Crippen molar-refractivity contribution in [1.82, 2.24) is 4.90 Å². The summed E-state index contributed by atoms with van der Waals surface area (Å²) in [6.07, 6.45) is 1.39. The quantitative estimate of drug-likeness (QED) is 0.826. The minimum atomic E-state index is 0.172. The molecule has 4 nitrogen and oxygen atoms in total. The van der Waals surface area contributed by atoms with Crippen molar-refractivity contribution in [2.24, 2.45) is 0 Å². The second-order valence-electron chi connectivity index (χ2n) is 5.29. The maximum Gasteiger partial charge on any atom is 0.227 e. The van der Waals surface area contributed by atoms with Crippen LogP contribution < -0.4 is 4.90 Å². The van der Waals surface area contributed by atoms with E-state index >= 15 is 0 Å². The summed E-state index contributed by atoms with van der Waals surface area (Å²) < 4.78 is 0. The van der Waals surface area contributed by atoms with Gasteiger partial charge in [-0.25, -0.2) is 0 Å². The lowest BCUT2D eigenvalue weighted by Crippen LogP contribution is -2.31. The zero-order chi connectivity index (χ0) is 14.0. The lowest BCUT2D eigenvalue weighted by molar-refractivity contribution is -0.119. The molecule has 1 aromatic rings. The number of rotatable bonds is 4. The molecule has 4 heteroatoms. The molecule has 0 aromatic heterocycles. The van der Waals surface area contributed by atoms with Crippen molar-refractivity contribution >= 4 is 17.4 Å². The Morgan fingerprint density at radius 2 is 2.11 bits per heavy atom. The largest absolute Gasteiger partial charge is 0.315 e. The number of benzene rings is 1. The Balaban J connectivity index is 2.13. The van der Waals surface area contributed by atoms with Gasteiger partial charge in [-0.1, -0.05) is 12.1 Å². The summed E-state index contributed by atoms with van der Waals surface area (Å²) in [7, 11) is 3.76. The average molecular weight is 260 g/mol. The van der Waals surface area contributed by atoms with Crippen LogP contribution in [0.5, 0.6) is 0 Å². The SMILES string of the molecule is CC(=O)CN(C)Cc1ccc2c(c1)CCC(=O)N2C. The van der Waals surface area contributed by atoms with Crippen molar-refractivity contribution in [3.05, 3.63) is 29.3 Å². The maximum absolute atomic E-state index is 11.6. The van der Waals surface area contributed by atoms with Gasteiger partial charge in [-0.05, 0) is 37.6 Å². The topological polar surface area (TPSA) is 40.6 Å². The van der Waals surface area contributed by atoms with Gasteiger partial charge < -0.3 is 4.90 Å². The lowest BCUT2D eigenvalue weighted by atomic mass is 9.99. The summed E-state index contributed by atoms with van der Waals surface area (Å²) in [4.78, 5) is 26.4. The number of anilines is 1. The molecule has 1 heterocycles. The molecule has 0 spiro atoms. The highest BCUT2D eigenvalue weighted by Gasteiger charge is 2.20. The van der Waals surface area contributed by atoms with E-state index in [-0.39, 0.29) is 11.7 Å². The first-order valence-corrected chi connectivity index (χ1v) is 6.53. The van der Waals surface area contributed by atoms with Gasteiger partial charge in [0.15, 0.2) is 0 Å². The van der Waals surface area contributed by atoms with Crippen molar-refractivity contribution in [3.8, 4) is 0 Å². The van der Waals surface area contributed by atoms with Crippen LogP contribution in [0.25, 0.3) is 0 Å². The molecule has 0 atom stereocenters. The van der Waals surface area contributed by atoms with Crippen LogP contribution in [-0.4, -0.2) is 37.2 Å². The number of carbonyl (C=O) groups is 2. The molecule has 19 heavy (non-hydrogen) atoms. The highest BCUT2D eigenvalue weighted by Crippen LogP contribution is 2.27. The third-order valence-electron chi connectivity index (χ3n) is 3.43. The average Bonchev–Trinajstić information content (AvgIpc) is 2.33. The number of hydrogen-bond acceptors (Lipinski definition) is 3. The van der Waals surface area contributed by atoms with E-state index in [2.05, 4.69) is 6.07 Å². The van der Waals surface area contributed by atoms with Crippen molar-refractivity contribution in [2.45, 2.75) is 26.3 Å². The summed E-state index contributed by atoms with van der Waals surface area (Å²) in [6, 6.07) is 6.18. The van der Waals surface area contributed by atoms with Gasteiger partial charge in [0.25, 0.3) is 0 Å². The molecule has 0 unspecified atom stereocenters. The molecule has 0 saturated heterocycles. The van der Waals surface area contributed by atoms with E-state index in [4.69, 9.17) is 0 Å². The Morgan fingerprint density at radius 1 is 1.37 bits per heavy atom. The Kier molecular flexibility index (Phi) is 4.00. The normalized spacial score (nSPS) is 14.7. The van der Waals surface area contributed by atoms with Crippen molar-refractivity contribution in [1.29, 1.82) is 0 Å². The number of ketones is 1. The predicted octanol–water partition coefficient (Wildman–Crippen LogP) is 1.62. The maximum atomic E-state index is 11.6. The molecule has 1 aliphatic rings. The first kappa shape index (κ1) is 13.7. The molecule has 1 aromatic carbocycles. The predicted molar refractivity (Wildman–Crippen MR) is 75.2 cm³/mol. The van der Waals surface area contributed by atoms with Gasteiger partial charge in [-0.15, -0.1) is 0 Å². The number of hydrogen-bond donors (Lipinski definition) is 0. The van der Waals surface area contributed by atoms with E-state index in [1.165, 1.54) is 11.1 Å². The number of Topliss-reactive ketones (excluding diaryl/α,β-unsaturated/α-hetero) is 1. The number of nitrogens with zero attached hydrogens (tertiary/aromatic N) is 2. The van der Waals surface area contributed by atoms with Crippen molar-refractivity contribution in [2.75, 3.05) is 25.5 Å². The number of likely N-dealkylation sites (N-methyl/N-ethyl adjacent to an activating group) is 1. The summed E-state index contributed by atoms with van der Waals surface area (Å²) in [5.74, 6) is 0.347. The number of aryl methyl sites for hydroxylation is 1. The van der Waals surface area contributed by atoms with E-state index in [1.54, 1.807) is 11.8 Å². The molecular formula is C15H20N2O2. The van der Waals surface area contributed by atoms with Gasteiger partial charge in [0.05, 0.1) is 6.54 Å². The number of amides is 1. The molecule has 1 aliphatic heterocycles. The van der Waals surface area contributed by atoms with Crippen LogP contribution in [0.3, 0.4) is 0 Å². The Bertz CT molecular complexity index is 511. The highest BCUT2D eigenvalue weighted by molar-refractivity contribution is 5.95. The molecular weight excluding hydrogens is 240 g/mol. The van der Waals surface area contributed by atoms with E-state index in [0.29, 0.717) is 13.0 Å². The fraction of sp³-hybridized carbons (Fsp3) is 0.467. The third kappa shape index (κ3) is 3.20. The van der Waals surface area contributed by atoms with E-state index in [9.17, 15) is 9.59 Å². The smallest absolute Gasteiger partial charge is 0.227 e. The first-order valence-electron chi connectivity index (χ1n) is 6.53. The molecule has 2 rings (SSSR count). The van der Waals surface area contributed by atoms with Crippen LogP contribution in [0.15, 0.2) is 18.2 Å². The number of carbonyl (C=O) groups excluding carboxylic acids is 2. The van der Waals surface area contributed by atoms with E-state index in [0.717, 1.165) is 18.7 Å². The standard InChI is InChI=1S/C15H20N2O2/c1-11(18)9-16(2)10-12-4-6-14-13(8-12)5-7-15(19)17(14)3/h4,6,8H,5,7,9-10H2,1-3H3. The van der Waals surface area contributed by atoms with Crippen LogP contribution in [0, 0.1) is 0 Å². The van der Waals surface area contributed by atoms with Crippen molar-refractivity contribution < 1.29 is 9.59 Å². The molecule has 0 N–H and O–H groups in total. The van der Waals surface area contributed by atoms with Crippen LogP contribution in [0.2, 0.25) is 0 Å². The van der Waals surface area contributed by atoms with Gasteiger partial charge in [0.1, 0.15) is 5.78 Å². The van der Waals surface area contributed by atoms with Crippen LogP contribution in [0.4, 0.5) is 5.69 Å². The van der Waals surface area contributed by atoms with Gasteiger partial charge in [-0.3, -0.25) is 14.5 Å². The van der Waals surface area contributed by atoms with Gasteiger partial charge in [0, 0.05) is 25.7 Å². The first-order chi connectivity index (χ1) is 8.97. The Morgan fingerprint density at radius 3 is 2.79 bits per heavy atom. The summed E-state index contributed by atoms with van der Waals surface area (Å²) in [5.41, 5.74) is 3.41. The monoisotopic (exact) mass is 260 g/mol. The van der Waals surface area contributed by atoms with Gasteiger partial charge in [-0.2, -0.15) is 0 Å². The molecule has 0 radical (unpaired) electrons. The van der Waals surface area contributed by atoms with Crippen LogP contribution in [-0.2, 0) is 22.6 Å². The third-order valence-corrected chi connectivity index (χ3v) is 3.43. The second-order valence-corrected chi connectivity index (χ2v) is 5.29. The zero-order valence-corrected chi connectivity index (χ0v) is 11.8. The van der Waals surface area contributed by atoms with Gasteiger partial charge in [0.2, 0.25) is 5.91 Å². The van der Waals surface area contributed by atoms with E-state index in [1.807, 2.05) is 31.1 Å². The summed E-state index contributed by atoms with van der Waals surface area (Å²) >= 11 is 0. The second kappa shape index (κ2) is 5.53. The van der Waals surface area contributed by atoms with Crippen molar-refractivity contribution in [3.63, 3.8) is 0 Å². The summed E-state index contributed by atoms with van der Waals surface area (Å²) in [5, 5.41) is 0.